The molecule has 1 aliphatic rings. The molecule has 38 heavy (non-hydrogen) atoms. The van der Waals surface area contributed by atoms with Gasteiger partial charge in [0.05, 0.1) is 24.9 Å². The molecule has 0 fully saturated rings. The Hall–Kier alpha value is -4.66. The van der Waals surface area contributed by atoms with Crippen molar-refractivity contribution in [3.8, 4) is 0 Å². The van der Waals surface area contributed by atoms with Crippen LogP contribution >= 0.6 is 0 Å². The van der Waals surface area contributed by atoms with E-state index in [1.54, 1.807) is 45.0 Å². The standard InChI is InChI=1S/C29H29N3O6/c1-5-38-29(36)25-16(2)23(30-17(25)3)15-21-20-14-19(11-12-22(20)31-27(21)34)26(33)32-24(28(35)37-4)13-18-9-7-6-8-10-18/h6-12,14-15,24,30H,5,13H2,1-4H3,(H,31,34)(H,32,33)/t24-/m0/s1. The molecule has 2 aromatic carbocycles. The second kappa shape index (κ2) is 11.2. The minimum atomic E-state index is -0.885. The molecular weight excluding hydrogens is 486 g/mol. The van der Waals surface area contributed by atoms with Crippen LogP contribution in [0.3, 0.4) is 0 Å². The van der Waals surface area contributed by atoms with Crippen LogP contribution in [0.4, 0.5) is 5.69 Å². The molecule has 0 bridgehead atoms. The SMILES string of the molecule is CCOC(=O)c1c(C)[nH]c(C=C2C(=O)Nc3ccc(C(=O)N[C@@H](Cc4ccccc4)C(=O)OC)cc32)c1C. The van der Waals surface area contributed by atoms with Gasteiger partial charge < -0.3 is 25.1 Å². The summed E-state index contributed by atoms with van der Waals surface area (Å²) in [7, 11) is 1.27. The number of H-pyrrole nitrogens is 1. The van der Waals surface area contributed by atoms with Crippen molar-refractivity contribution >= 4 is 41.1 Å². The van der Waals surface area contributed by atoms with Crippen LogP contribution in [-0.4, -0.2) is 48.5 Å². The molecule has 1 atom stereocenters. The Kier molecular flexibility index (Phi) is 7.76. The van der Waals surface area contributed by atoms with Gasteiger partial charge >= 0.3 is 11.9 Å². The summed E-state index contributed by atoms with van der Waals surface area (Å²) in [5.41, 5.74) is 4.88. The number of nitrogens with one attached hydrogen (secondary N) is 3. The Morgan fingerprint density at radius 1 is 1.08 bits per heavy atom. The Labute approximate surface area is 220 Å². The first-order valence-electron chi connectivity index (χ1n) is 12.2. The molecule has 196 valence electrons. The van der Waals surface area contributed by atoms with Crippen molar-refractivity contribution in [2.75, 3.05) is 19.0 Å². The van der Waals surface area contributed by atoms with Crippen LogP contribution < -0.4 is 10.6 Å². The van der Waals surface area contributed by atoms with Gasteiger partial charge in [0.15, 0.2) is 0 Å². The smallest absolute Gasteiger partial charge is 0.340 e. The first kappa shape index (κ1) is 26.4. The van der Waals surface area contributed by atoms with Crippen LogP contribution in [0.25, 0.3) is 11.6 Å². The Morgan fingerprint density at radius 2 is 1.82 bits per heavy atom. The van der Waals surface area contributed by atoms with Gasteiger partial charge in [-0.3, -0.25) is 9.59 Å². The maximum absolute atomic E-state index is 13.1. The third-order valence-corrected chi connectivity index (χ3v) is 6.38. The van der Waals surface area contributed by atoms with Gasteiger partial charge in [0.2, 0.25) is 0 Å². The summed E-state index contributed by atoms with van der Waals surface area (Å²) in [5, 5.41) is 5.55. The summed E-state index contributed by atoms with van der Waals surface area (Å²) in [4.78, 5) is 53.9. The fourth-order valence-electron chi connectivity index (χ4n) is 4.47. The number of aromatic amines is 1. The highest BCUT2D eigenvalue weighted by Gasteiger charge is 2.28. The molecular formula is C29H29N3O6. The number of aryl methyl sites for hydroxylation is 1. The van der Waals surface area contributed by atoms with Gasteiger partial charge in [0.25, 0.3) is 11.8 Å². The summed E-state index contributed by atoms with van der Waals surface area (Å²) >= 11 is 0. The summed E-state index contributed by atoms with van der Waals surface area (Å²) in [5.74, 6) is -1.81. The van der Waals surface area contributed by atoms with Gasteiger partial charge in [-0.2, -0.15) is 0 Å². The molecule has 0 spiro atoms. The molecule has 2 heterocycles. The molecule has 3 aromatic rings. The van der Waals surface area contributed by atoms with Crippen molar-refractivity contribution < 1.29 is 28.7 Å². The van der Waals surface area contributed by atoms with E-state index < -0.39 is 23.9 Å². The number of amides is 2. The summed E-state index contributed by atoms with van der Waals surface area (Å²) in [6.45, 7) is 5.53. The lowest BCUT2D eigenvalue weighted by molar-refractivity contribution is -0.142. The minimum Gasteiger partial charge on any atom is -0.467 e. The van der Waals surface area contributed by atoms with Crippen LogP contribution in [0.15, 0.2) is 48.5 Å². The Bertz CT molecular complexity index is 1440. The summed E-state index contributed by atoms with van der Waals surface area (Å²) < 4.78 is 10.0. The molecule has 0 radical (unpaired) electrons. The first-order valence-corrected chi connectivity index (χ1v) is 12.2. The number of esters is 2. The topological polar surface area (TPSA) is 127 Å². The fourth-order valence-corrected chi connectivity index (χ4v) is 4.47. The van der Waals surface area contributed by atoms with Crippen LogP contribution in [0.2, 0.25) is 0 Å². The molecule has 3 N–H and O–H groups in total. The number of fused-ring (bicyclic) bond motifs is 1. The van der Waals surface area contributed by atoms with E-state index >= 15 is 0 Å². The van der Waals surface area contributed by atoms with Crippen LogP contribution in [-0.2, 0) is 25.5 Å². The number of carbonyl (C=O) groups is 4. The lowest BCUT2D eigenvalue weighted by Gasteiger charge is -2.17. The maximum Gasteiger partial charge on any atom is 0.340 e. The lowest BCUT2D eigenvalue weighted by atomic mass is 10.0. The number of rotatable bonds is 8. The highest BCUT2D eigenvalue weighted by Crippen LogP contribution is 2.35. The van der Waals surface area contributed by atoms with Crippen LogP contribution in [0, 0.1) is 13.8 Å². The van der Waals surface area contributed by atoms with Crippen molar-refractivity contribution in [2.45, 2.75) is 33.2 Å². The molecule has 2 amide bonds. The molecule has 9 nitrogen and oxygen atoms in total. The Morgan fingerprint density at radius 3 is 2.50 bits per heavy atom. The second-order valence-corrected chi connectivity index (χ2v) is 8.90. The van der Waals surface area contributed by atoms with Crippen molar-refractivity contribution in [2.24, 2.45) is 0 Å². The van der Waals surface area contributed by atoms with Crippen LogP contribution in [0.1, 0.15) is 55.7 Å². The number of hydrogen-bond acceptors (Lipinski definition) is 6. The molecule has 0 unspecified atom stereocenters. The van der Waals surface area contributed by atoms with E-state index in [0.29, 0.717) is 39.3 Å². The zero-order chi connectivity index (χ0) is 27.4. The monoisotopic (exact) mass is 515 g/mol. The van der Waals surface area contributed by atoms with Gasteiger partial charge in [-0.25, -0.2) is 9.59 Å². The van der Waals surface area contributed by atoms with E-state index in [-0.39, 0.29) is 24.5 Å². The highest BCUT2D eigenvalue weighted by molar-refractivity contribution is 6.35. The van der Waals surface area contributed by atoms with Gasteiger partial charge in [0, 0.05) is 34.6 Å². The number of hydrogen-bond donors (Lipinski definition) is 3. The van der Waals surface area contributed by atoms with Crippen molar-refractivity contribution in [1.29, 1.82) is 0 Å². The van der Waals surface area contributed by atoms with E-state index in [0.717, 1.165) is 5.56 Å². The molecule has 4 rings (SSSR count). The van der Waals surface area contributed by atoms with Gasteiger partial charge in [-0.05, 0) is 56.2 Å². The fraction of sp³-hybridized carbons (Fsp3) is 0.241. The molecule has 0 aliphatic carbocycles. The normalized spacial score (nSPS) is 14.0. The first-order chi connectivity index (χ1) is 18.2. The number of methoxy groups -OCH3 is 1. The van der Waals surface area contributed by atoms with E-state index in [4.69, 9.17) is 9.47 Å². The van der Waals surface area contributed by atoms with Crippen molar-refractivity contribution in [3.05, 3.63) is 87.7 Å². The van der Waals surface area contributed by atoms with E-state index in [2.05, 4.69) is 15.6 Å². The van der Waals surface area contributed by atoms with E-state index in [1.807, 2.05) is 30.3 Å². The van der Waals surface area contributed by atoms with E-state index in [1.165, 1.54) is 7.11 Å². The maximum atomic E-state index is 13.1. The predicted molar refractivity (Wildman–Crippen MR) is 143 cm³/mol. The molecule has 0 saturated heterocycles. The molecule has 0 saturated carbocycles. The third-order valence-electron chi connectivity index (χ3n) is 6.38. The predicted octanol–water partition coefficient (Wildman–Crippen LogP) is 3.82. The molecule has 1 aliphatic heterocycles. The third kappa shape index (κ3) is 5.36. The highest BCUT2D eigenvalue weighted by atomic mass is 16.5. The summed E-state index contributed by atoms with van der Waals surface area (Å²) in [6, 6.07) is 13.2. The van der Waals surface area contributed by atoms with Gasteiger partial charge in [0.1, 0.15) is 6.04 Å². The average molecular weight is 516 g/mol. The zero-order valence-corrected chi connectivity index (χ0v) is 21.6. The number of carbonyl (C=O) groups excluding carboxylic acids is 4. The zero-order valence-electron chi connectivity index (χ0n) is 21.6. The quantitative estimate of drug-likeness (QED) is 0.309. The van der Waals surface area contributed by atoms with Gasteiger partial charge in [-0.1, -0.05) is 30.3 Å². The van der Waals surface area contributed by atoms with Crippen molar-refractivity contribution in [3.63, 3.8) is 0 Å². The largest absolute Gasteiger partial charge is 0.467 e. The lowest BCUT2D eigenvalue weighted by Crippen LogP contribution is -2.43. The summed E-state index contributed by atoms with van der Waals surface area (Å²) in [6.07, 6.45) is 1.92. The Balaban J connectivity index is 1.63. The molecule has 9 heteroatoms. The van der Waals surface area contributed by atoms with Crippen LogP contribution in [0.5, 0.6) is 0 Å². The number of anilines is 1. The minimum absolute atomic E-state index is 0.252. The second-order valence-electron chi connectivity index (χ2n) is 8.90. The number of benzene rings is 2. The van der Waals surface area contributed by atoms with E-state index in [9.17, 15) is 19.2 Å². The number of aromatic nitrogens is 1. The number of ether oxygens (including phenoxy) is 2. The van der Waals surface area contributed by atoms with Gasteiger partial charge in [-0.15, -0.1) is 0 Å². The van der Waals surface area contributed by atoms with Crippen molar-refractivity contribution in [1.82, 2.24) is 10.3 Å². The molecule has 1 aromatic heterocycles. The average Bonchev–Trinajstić information content (AvgIpc) is 3.37.